The molecule has 1 aromatic carbocycles. The first-order chi connectivity index (χ1) is 10.1. The zero-order valence-corrected chi connectivity index (χ0v) is 13.4. The summed E-state index contributed by atoms with van der Waals surface area (Å²) in [6.07, 6.45) is 1.68. The largest absolute Gasteiger partial charge is 0.271 e. The topological polar surface area (TPSA) is 55.9 Å². The van der Waals surface area contributed by atoms with Crippen molar-refractivity contribution in [2.24, 2.45) is 5.84 Å². The van der Waals surface area contributed by atoms with E-state index >= 15 is 0 Å². The number of hydrazine groups is 1. The van der Waals surface area contributed by atoms with Gasteiger partial charge in [0.2, 0.25) is 0 Å². The molecule has 0 saturated heterocycles. The maximum absolute atomic E-state index is 6.36. The first-order valence-corrected chi connectivity index (χ1v) is 8.04. The highest BCUT2D eigenvalue weighted by Crippen LogP contribution is 2.36. The summed E-state index contributed by atoms with van der Waals surface area (Å²) in [5.41, 5.74) is 4.92. The molecule has 110 valence electrons. The Hall–Kier alpha value is -1.40. The van der Waals surface area contributed by atoms with Crippen LogP contribution in [0, 0.1) is 0 Å². The summed E-state index contributed by atoms with van der Waals surface area (Å²) in [5.74, 6) is 5.84. The van der Waals surface area contributed by atoms with Gasteiger partial charge in [0, 0.05) is 10.7 Å². The SMILES string of the molecule is CC(C)n1ncc(Cl)c1C(NN)c1csc2ccccc12. The molecule has 0 spiro atoms. The summed E-state index contributed by atoms with van der Waals surface area (Å²) in [4.78, 5) is 0. The number of fused-ring (bicyclic) bond motifs is 1. The summed E-state index contributed by atoms with van der Waals surface area (Å²) in [6, 6.07) is 8.33. The third kappa shape index (κ3) is 2.46. The molecule has 0 fully saturated rings. The zero-order chi connectivity index (χ0) is 15.0. The van der Waals surface area contributed by atoms with Crippen molar-refractivity contribution in [2.45, 2.75) is 25.9 Å². The predicted octanol–water partition coefficient (Wildman–Crippen LogP) is 3.88. The molecule has 6 heteroatoms. The van der Waals surface area contributed by atoms with Crippen LogP contribution < -0.4 is 11.3 Å². The van der Waals surface area contributed by atoms with E-state index in [0.717, 1.165) is 11.3 Å². The molecule has 0 saturated carbocycles. The average Bonchev–Trinajstić information content (AvgIpc) is 3.06. The van der Waals surface area contributed by atoms with Crippen LogP contribution in [0.3, 0.4) is 0 Å². The van der Waals surface area contributed by atoms with Crippen molar-refractivity contribution in [3.63, 3.8) is 0 Å². The molecule has 1 unspecified atom stereocenters. The molecular weight excluding hydrogens is 304 g/mol. The van der Waals surface area contributed by atoms with Gasteiger partial charge in [-0.25, -0.2) is 5.43 Å². The highest BCUT2D eigenvalue weighted by Gasteiger charge is 2.24. The maximum atomic E-state index is 6.36. The lowest BCUT2D eigenvalue weighted by Crippen LogP contribution is -2.31. The Bertz CT molecular complexity index is 762. The van der Waals surface area contributed by atoms with Crippen molar-refractivity contribution in [3.8, 4) is 0 Å². The van der Waals surface area contributed by atoms with Crippen LogP contribution in [-0.4, -0.2) is 9.78 Å². The Kier molecular flexibility index (Phi) is 3.99. The predicted molar refractivity (Wildman–Crippen MR) is 88.6 cm³/mol. The van der Waals surface area contributed by atoms with Gasteiger partial charge in [-0.1, -0.05) is 29.8 Å². The number of rotatable bonds is 4. The zero-order valence-electron chi connectivity index (χ0n) is 11.9. The third-order valence-electron chi connectivity index (χ3n) is 3.54. The molecular formula is C15H17ClN4S. The van der Waals surface area contributed by atoms with Crippen LogP contribution in [0.2, 0.25) is 5.02 Å². The Morgan fingerprint density at radius 3 is 2.81 bits per heavy atom. The quantitative estimate of drug-likeness (QED) is 0.566. The van der Waals surface area contributed by atoms with Crippen molar-refractivity contribution >= 4 is 33.0 Å². The summed E-state index contributed by atoms with van der Waals surface area (Å²) in [5, 5.41) is 8.31. The monoisotopic (exact) mass is 320 g/mol. The van der Waals surface area contributed by atoms with E-state index in [1.165, 1.54) is 10.1 Å². The fourth-order valence-electron chi connectivity index (χ4n) is 2.57. The van der Waals surface area contributed by atoms with Crippen LogP contribution in [0.25, 0.3) is 10.1 Å². The van der Waals surface area contributed by atoms with E-state index in [0.29, 0.717) is 5.02 Å². The molecule has 21 heavy (non-hydrogen) atoms. The van der Waals surface area contributed by atoms with Gasteiger partial charge in [-0.05, 0) is 36.2 Å². The van der Waals surface area contributed by atoms with Gasteiger partial charge in [0.25, 0.3) is 0 Å². The molecule has 0 aliphatic carbocycles. The number of hydrogen-bond acceptors (Lipinski definition) is 4. The van der Waals surface area contributed by atoms with E-state index < -0.39 is 0 Å². The summed E-state index contributed by atoms with van der Waals surface area (Å²) in [6.45, 7) is 4.15. The number of halogens is 1. The summed E-state index contributed by atoms with van der Waals surface area (Å²) >= 11 is 8.06. The number of hydrogen-bond donors (Lipinski definition) is 2. The Balaban J connectivity index is 2.17. The van der Waals surface area contributed by atoms with Crippen molar-refractivity contribution in [1.29, 1.82) is 0 Å². The fourth-order valence-corrected chi connectivity index (χ4v) is 3.80. The molecule has 2 heterocycles. The Labute approximate surface area is 132 Å². The van der Waals surface area contributed by atoms with Crippen LogP contribution in [0.15, 0.2) is 35.8 Å². The molecule has 2 aromatic heterocycles. The van der Waals surface area contributed by atoms with E-state index in [2.05, 4.69) is 41.9 Å². The van der Waals surface area contributed by atoms with Crippen LogP contribution in [-0.2, 0) is 0 Å². The van der Waals surface area contributed by atoms with Gasteiger partial charge in [0.05, 0.1) is 23.0 Å². The molecule has 0 bridgehead atoms. The average molecular weight is 321 g/mol. The molecule has 0 amide bonds. The third-order valence-corrected chi connectivity index (χ3v) is 4.81. The van der Waals surface area contributed by atoms with E-state index in [1.807, 2.05) is 16.8 Å². The maximum Gasteiger partial charge on any atom is 0.0907 e. The molecule has 0 radical (unpaired) electrons. The lowest BCUT2D eigenvalue weighted by molar-refractivity contribution is 0.477. The number of nitrogens with one attached hydrogen (secondary N) is 1. The van der Waals surface area contributed by atoms with Gasteiger partial charge < -0.3 is 0 Å². The Morgan fingerprint density at radius 2 is 2.10 bits per heavy atom. The molecule has 3 rings (SSSR count). The standard InChI is InChI=1S/C15H17ClN4S/c1-9(2)20-15(12(16)7-18-20)14(19-17)11-8-21-13-6-4-3-5-10(11)13/h3-9,14,19H,17H2,1-2H3. The van der Waals surface area contributed by atoms with Crippen LogP contribution in [0.4, 0.5) is 0 Å². The fraction of sp³-hybridized carbons (Fsp3) is 0.267. The van der Waals surface area contributed by atoms with Crippen molar-refractivity contribution in [2.75, 3.05) is 0 Å². The Morgan fingerprint density at radius 1 is 1.33 bits per heavy atom. The first kappa shape index (κ1) is 14.5. The van der Waals surface area contributed by atoms with Gasteiger partial charge >= 0.3 is 0 Å². The van der Waals surface area contributed by atoms with Gasteiger partial charge in [0.15, 0.2) is 0 Å². The van der Waals surface area contributed by atoms with Crippen molar-refractivity contribution in [1.82, 2.24) is 15.2 Å². The highest BCUT2D eigenvalue weighted by atomic mass is 35.5. The van der Waals surface area contributed by atoms with Gasteiger partial charge in [-0.3, -0.25) is 10.5 Å². The lowest BCUT2D eigenvalue weighted by atomic mass is 10.0. The number of aromatic nitrogens is 2. The second kappa shape index (κ2) is 5.77. The minimum Gasteiger partial charge on any atom is -0.271 e. The van der Waals surface area contributed by atoms with Crippen LogP contribution >= 0.6 is 22.9 Å². The number of nitrogens with zero attached hydrogens (tertiary/aromatic N) is 2. The smallest absolute Gasteiger partial charge is 0.0907 e. The van der Waals surface area contributed by atoms with Crippen molar-refractivity contribution < 1.29 is 0 Å². The summed E-state index contributed by atoms with van der Waals surface area (Å²) < 4.78 is 3.15. The van der Waals surface area contributed by atoms with Gasteiger partial charge in [0.1, 0.15) is 0 Å². The normalized spacial score (nSPS) is 13.2. The van der Waals surface area contributed by atoms with Gasteiger partial charge in [-0.2, -0.15) is 5.10 Å². The molecule has 3 aromatic rings. The molecule has 0 aliphatic rings. The lowest BCUT2D eigenvalue weighted by Gasteiger charge is -2.20. The summed E-state index contributed by atoms with van der Waals surface area (Å²) in [7, 11) is 0. The minimum absolute atomic E-state index is 0.182. The number of benzene rings is 1. The van der Waals surface area contributed by atoms with E-state index in [9.17, 15) is 0 Å². The molecule has 3 N–H and O–H groups in total. The highest BCUT2D eigenvalue weighted by molar-refractivity contribution is 7.17. The van der Waals surface area contributed by atoms with E-state index in [4.69, 9.17) is 17.4 Å². The number of nitrogens with two attached hydrogens (primary N) is 1. The minimum atomic E-state index is -0.182. The first-order valence-electron chi connectivity index (χ1n) is 6.78. The van der Waals surface area contributed by atoms with Gasteiger partial charge in [-0.15, -0.1) is 11.3 Å². The van der Waals surface area contributed by atoms with E-state index in [1.54, 1.807) is 17.5 Å². The number of thiophene rings is 1. The van der Waals surface area contributed by atoms with Crippen LogP contribution in [0.5, 0.6) is 0 Å². The molecule has 0 aliphatic heterocycles. The van der Waals surface area contributed by atoms with Crippen LogP contribution in [0.1, 0.15) is 37.2 Å². The second-order valence-electron chi connectivity index (χ2n) is 5.20. The molecule has 1 atom stereocenters. The second-order valence-corrected chi connectivity index (χ2v) is 6.52. The van der Waals surface area contributed by atoms with Crippen molar-refractivity contribution in [3.05, 3.63) is 52.1 Å². The molecule has 4 nitrogen and oxygen atoms in total. The van der Waals surface area contributed by atoms with E-state index in [-0.39, 0.29) is 12.1 Å².